The molecule has 0 bridgehead atoms. The largest absolute Gasteiger partial charge is 0.418 e. The SMILES string of the molecule is CCN(CC(=O)Nc1ccccc1C(F)(F)F)C(=O)N[C@H](c1ccccc1)C1CC1. The molecule has 0 saturated heterocycles. The summed E-state index contributed by atoms with van der Waals surface area (Å²) >= 11 is 0. The van der Waals surface area contributed by atoms with Crippen molar-refractivity contribution in [1.29, 1.82) is 0 Å². The van der Waals surface area contributed by atoms with E-state index >= 15 is 0 Å². The summed E-state index contributed by atoms with van der Waals surface area (Å²) in [6.45, 7) is 1.61. The fraction of sp³-hybridized carbons (Fsp3) is 0.364. The van der Waals surface area contributed by atoms with Gasteiger partial charge >= 0.3 is 12.2 Å². The molecule has 0 aliphatic heterocycles. The Bertz CT molecular complexity index is 883. The van der Waals surface area contributed by atoms with Crippen LogP contribution in [0.15, 0.2) is 54.6 Å². The van der Waals surface area contributed by atoms with Crippen molar-refractivity contribution in [2.45, 2.75) is 32.0 Å². The normalized spacial score (nSPS) is 14.7. The van der Waals surface area contributed by atoms with Crippen molar-refractivity contribution < 1.29 is 22.8 Å². The van der Waals surface area contributed by atoms with Crippen molar-refractivity contribution >= 4 is 17.6 Å². The molecule has 2 N–H and O–H groups in total. The first kappa shape index (κ1) is 21.7. The lowest BCUT2D eigenvalue weighted by Crippen LogP contribution is -2.45. The molecule has 5 nitrogen and oxygen atoms in total. The second-order valence-electron chi connectivity index (χ2n) is 7.28. The lowest BCUT2D eigenvalue weighted by Gasteiger charge is -2.26. The summed E-state index contributed by atoms with van der Waals surface area (Å²) < 4.78 is 39.3. The van der Waals surface area contributed by atoms with Crippen molar-refractivity contribution in [3.8, 4) is 0 Å². The molecule has 1 atom stereocenters. The van der Waals surface area contributed by atoms with Gasteiger partial charge in [-0.05, 0) is 43.4 Å². The average Bonchev–Trinajstić information content (AvgIpc) is 3.55. The second-order valence-corrected chi connectivity index (χ2v) is 7.28. The molecule has 1 saturated carbocycles. The second kappa shape index (κ2) is 9.19. The molecule has 0 aromatic heterocycles. The van der Waals surface area contributed by atoms with Crippen molar-refractivity contribution in [3.05, 3.63) is 65.7 Å². The molecule has 1 aliphatic carbocycles. The van der Waals surface area contributed by atoms with Gasteiger partial charge in [0.1, 0.15) is 6.54 Å². The van der Waals surface area contributed by atoms with Crippen LogP contribution in [0.2, 0.25) is 0 Å². The fourth-order valence-electron chi connectivity index (χ4n) is 3.32. The first-order chi connectivity index (χ1) is 14.3. The summed E-state index contributed by atoms with van der Waals surface area (Å²) in [5.74, 6) is -0.339. The number of likely N-dealkylation sites (N-methyl/N-ethyl adjacent to an activating group) is 1. The zero-order valence-electron chi connectivity index (χ0n) is 16.6. The molecule has 8 heteroatoms. The van der Waals surface area contributed by atoms with E-state index in [2.05, 4.69) is 10.6 Å². The topological polar surface area (TPSA) is 61.4 Å². The van der Waals surface area contributed by atoms with Gasteiger partial charge in [0, 0.05) is 6.54 Å². The van der Waals surface area contributed by atoms with Crippen molar-refractivity contribution in [2.75, 3.05) is 18.4 Å². The third-order valence-electron chi connectivity index (χ3n) is 5.04. The number of carbonyl (C=O) groups excluding carboxylic acids is 2. The van der Waals surface area contributed by atoms with Crippen LogP contribution in [0.1, 0.15) is 36.9 Å². The zero-order chi connectivity index (χ0) is 21.7. The maximum atomic E-state index is 13.1. The van der Waals surface area contributed by atoms with Crippen molar-refractivity contribution in [3.63, 3.8) is 0 Å². The molecule has 2 aromatic carbocycles. The van der Waals surface area contributed by atoms with Crippen LogP contribution < -0.4 is 10.6 Å². The summed E-state index contributed by atoms with van der Waals surface area (Å²) in [5.41, 5.74) is -0.261. The Labute approximate surface area is 173 Å². The minimum Gasteiger partial charge on any atom is -0.331 e. The molecular formula is C22H24F3N3O2. The molecule has 3 rings (SSSR count). The van der Waals surface area contributed by atoms with Crippen LogP contribution in [0, 0.1) is 5.92 Å². The van der Waals surface area contributed by atoms with E-state index in [1.165, 1.54) is 23.1 Å². The number of alkyl halides is 3. The number of anilines is 1. The van der Waals surface area contributed by atoms with Gasteiger partial charge in [-0.15, -0.1) is 0 Å². The third kappa shape index (κ3) is 5.52. The number of nitrogens with zero attached hydrogens (tertiary/aromatic N) is 1. The molecule has 0 radical (unpaired) electrons. The highest BCUT2D eigenvalue weighted by Crippen LogP contribution is 2.41. The van der Waals surface area contributed by atoms with E-state index in [0.29, 0.717) is 5.92 Å². The van der Waals surface area contributed by atoms with E-state index in [-0.39, 0.29) is 24.8 Å². The Kier molecular flexibility index (Phi) is 6.64. The van der Waals surface area contributed by atoms with Gasteiger partial charge in [0.05, 0.1) is 17.3 Å². The summed E-state index contributed by atoms with van der Waals surface area (Å²) in [4.78, 5) is 26.4. The molecule has 1 fully saturated rings. The van der Waals surface area contributed by atoms with E-state index in [1.54, 1.807) is 6.92 Å². The van der Waals surface area contributed by atoms with E-state index in [1.807, 2.05) is 30.3 Å². The van der Waals surface area contributed by atoms with Crippen LogP contribution in [-0.2, 0) is 11.0 Å². The zero-order valence-corrected chi connectivity index (χ0v) is 16.6. The van der Waals surface area contributed by atoms with E-state index in [9.17, 15) is 22.8 Å². The third-order valence-corrected chi connectivity index (χ3v) is 5.04. The molecule has 160 valence electrons. The van der Waals surface area contributed by atoms with Crippen LogP contribution in [-0.4, -0.2) is 29.9 Å². The predicted molar refractivity (Wildman–Crippen MR) is 108 cm³/mol. The maximum Gasteiger partial charge on any atom is 0.418 e. The molecule has 0 unspecified atom stereocenters. The number of nitrogens with one attached hydrogen (secondary N) is 2. The monoisotopic (exact) mass is 419 g/mol. The number of benzene rings is 2. The number of halogens is 3. The van der Waals surface area contributed by atoms with E-state index in [0.717, 1.165) is 24.5 Å². The average molecular weight is 419 g/mol. The van der Waals surface area contributed by atoms with Crippen molar-refractivity contribution in [2.24, 2.45) is 5.92 Å². The Balaban J connectivity index is 1.65. The summed E-state index contributed by atoms with van der Waals surface area (Å²) in [6, 6.07) is 13.8. The lowest BCUT2D eigenvalue weighted by molar-refractivity contribution is -0.137. The summed E-state index contributed by atoms with van der Waals surface area (Å²) in [5, 5.41) is 5.25. The summed E-state index contributed by atoms with van der Waals surface area (Å²) in [6.07, 6.45) is -2.56. The van der Waals surface area contributed by atoms with Gasteiger partial charge in [0.15, 0.2) is 0 Å². The van der Waals surface area contributed by atoms with Gasteiger partial charge in [-0.3, -0.25) is 4.79 Å². The molecule has 0 heterocycles. The minimum absolute atomic E-state index is 0.151. The Morgan fingerprint density at radius 2 is 1.70 bits per heavy atom. The van der Waals surface area contributed by atoms with Gasteiger partial charge in [0.2, 0.25) is 5.91 Å². The smallest absolute Gasteiger partial charge is 0.331 e. The highest BCUT2D eigenvalue weighted by Gasteiger charge is 2.35. The van der Waals surface area contributed by atoms with E-state index in [4.69, 9.17) is 0 Å². The van der Waals surface area contributed by atoms with Gasteiger partial charge in [-0.2, -0.15) is 13.2 Å². The molecular weight excluding hydrogens is 395 g/mol. The van der Waals surface area contributed by atoms with Gasteiger partial charge in [-0.1, -0.05) is 42.5 Å². The number of rotatable bonds is 7. The molecule has 2 aromatic rings. The van der Waals surface area contributed by atoms with Crippen LogP contribution in [0.5, 0.6) is 0 Å². The Hall–Kier alpha value is -3.03. The first-order valence-corrected chi connectivity index (χ1v) is 9.86. The molecule has 1 aliphatic rings. The number of hydrogen-bond donors (Lipinski definition) is 2. The molecule has 0 spiro atoms. The predicted octanol–water partition coefficient (Wildman–Crippen LogP) is 4.83. The lowest BCUT2D eigenvalue weighted by atomic mass is 10.0. The van der Waals surface area contributed by atoms with Crippen LogP contribution in [0.3, 0.4) is 0 Å². The number of urea groups is 1. The fourth-order valence-corrected chi connectivity index (χ4v) is 3.32. The standard InChI is InChI=1S/C22H24F3N3O2/c1-2-28(14-19(29)26-18-11-7-6-10-17(18)22(23,24)25)21(30)27-20(16-12-13-16)15-8-4-3-5-9-15/h3-11,16,20H,2,12-14H2,1H3,(H,26,29)(H,27,30)/t20-/m1/s1. The van der Waals surface area contributed by atoms with Gasteiger partial charge < -0.3 is 15.5 Å². The highest BCUT2D eigenvalue weighted by atomic mass is 19.4. The maximum absolute atomic E-state index is 13.1. The Morgan fingerprint density at radius 3 is 2.30 bits per heavy atom. The Morgan fingerprint density at radius 1 is 1.07 bits per heavy atom. The summed E-state index contributed by atoms with van der Waals surface area (Å²) in [7, 11) is 0. The number of amides is 3. The number of hydrogen-bond acceptors (Lipinski definition) is 2. The van der Waals surface area contributed by atoms with Crippen molar-refractivity contribution in [1.82, 2.24) is 10.2 Å². The van der Waals surface area contributed by atoms with Gasteiger partial charge in [0.25, 0.3) is 0 Å². The molecule has 30 heavy (non-hydrogen) atoms. The van der Waals surface area contributed by atoms with E-state index < -0.39 is 23.7 Å². The van der Waals surface area contributed by atoms with Gasteiger partial charge in [-0.25, -0.2) is 4.79 Å². The van der Waals surface area contributed by atoms with Crippen LogP contribution >= 0.6 is 0 Å². The number of carbonyl (C=O) groups is 2. The van der Waals surface area contributed by atoms with Crippen LogP contribution in [0.4, 0.5) is 23.7 Å². The minimum atomic E-state index is -4.58. The quantitative estimate of drug-likeness (QED) is 0.676. The highest BCUT2D eigenvalue weighted by molar-refractivity contribution is 5.95. The molecule has 3 amide bonds. The number of para-hydroxylation sites is 1. The first-order valence-electron chi connectivity index (χ1n) is 9.86. The van der Waals surface area contributed by atoms with Crippen LogP contribution in [0.25, 0.3) is 0 Å².